The van der Waals surface area contributed by atoms with Gasteiger partial charge < -0.3 is 9.88 Å². The van der Waals surface area contributed by atoms with Crippen molar-refractivity contribution in [3.8, 4) is 11.4 Å². The summed E-state index contributed by atoms with van der Waals surface area (Å²) in [6, 6.07) is 15.2. The van der Waals surface area contributed by atoms with E-state index in [0.29, 0.717) is 16.0 Å². The van der Waals surface area contributed by atoms with Gasteiger partial charge in [-0.25, -0.2) is 0 Å². The second-order valence-electron chi connectivity index (χ2n) is 5.41. The van der Waals surface area contributed by atoms with E-state index in [9.17, 15) is 4.79 Å². The SMILES string of the molecule is CSc1cccc(NC(=O)CSc2nnc(-c3ccccc3Cl)n2C)c1. The topological polar surface area (TPSA) is 59.8 Å². The first-order valence-corrected chi connectivity index (χ1v) is 10.4. The minimum Gasteiger partial charge on any atom is -0.325 e. The third kappa shape index (κ3) is 4.41. The number of anilines is 1. The summed E-state index contributed by atoms with van der Waals surface area (Å²) >= 11 is 9.20. The van der Waals surface area contributed by atoms with E-state index >= 15 is 0 Å². The Hall–Kier alpha value is -1.96. The highest BCUT2D eigenvalue weighted by Crippen LogP contribution is 2.28. The third-order valence-electron chi connectivity index (χ3n) is 3.64. The van der Waals surface area contributed by atoms with Crippen molar-refractivity contribution in [2.24, 2.45) is 7.05 Å². The minimum absolute atomic E-state index is 0.0875. The molecule has 0 aliphatic heterocycles. The molecule has 2 aromatic carbocycles. The van der Waals surface area contributed by atoms with Crippen molar-refractivity contribution < 1.29 is 4.79 Å². The number of hydrogen-bond donors (Lipinski definition) is 1. The molecule has 0 aliphatic rings. The number of nitrogens with one attached hydrogen (secondary N) is 1. The number of rotatable bonds is 6. The standard InChI is InChI=1S/C18H17ClN4OS2/c1-23-17(14-8-3-4-9-15(14)19)21-22-18(23)26-11-16(24)20-12-6-5-7-13(10-12)25-2/h3-10H,11H2,1-2H3,(H,20,24). The summed E-state index contributed by atoms with van der Waals surface area (Å²) in [5.74, 6) is 0.833. The lowest BCUT2D eigenvalue weighted by Crippen LogP contribution is -2.14. The van der Waals surface area contributed by atoms with Crippen molar-refractivity contribution in [3.05, 3.63) is 53.6 Å². The van der Waals surface area contributed by atoms with E-state index in [1.165, 1.54) is 11.8 Å². The van der Waals surface area contributed by atoms with Crippen LogP contribution in [-0.2, 0) is 11.8 Å². The van der Waals surface area contributed by atoms with Crippen LogP contribution in [-0.4, -0.2) is 32.7 Å². The number of nitrogens with zero attached hydrogens (tertiary/aromatic N) is 3. The quantitative estimate of drug-likeness (QED) is 0.609. The predicted molar refractivity (Wildman–Crippen MR) is 109 cm³/mol. The second kappa shape index (κ2) is 8.62. The maximum absolute atomic E-state index is 12.2. The number of halogens is 1. The molecule has 5 nitrogen and oxygen atoms in total. The molecule has 0 spiro atoms. The van der Waals surface area contributed by atoms with E-state index < -0.39 is 0 Å². The Bertz CT molecular complexity index is 929. The van der Waals surface area contributed by atoms with Gasteiger partial charge >= 0.3 is 0 Å². The van der Waals surface area contributed by atoms with Gasteiger partial charge in [0.2, 0.25) is 5.91 Å². The molecule has 26 heavy (non-hydrogen) atoms. The van der Waals surface area contributed by atoms with Crippen LogP contribution in [0.1, 0.15) is 0 Å². The highest BCUT2D eigenvalue weighted by atomic mass is 35.5. The van der Waals surface area contributed by atoms with E-state index in [2.05, 4.69) is 15.5 Å². The van der Waals surface area contributed by atoms with Crippen LogP contribution < -0.4 is 5.32 Å². The van der Waals surface area contributed by atoms with Gasteiger partial charge in [-0.05, 0) is 36.6 Å². The van der Waals surface area contributed by atoms with E-state index in [1.54, 1.807) is 11.8 Å². The number of benzene rings is 2. The van der Waals surface area contributed by atoms with Gasteiger partial charge in [0.1, 0.15) is 0 Å². The van der Waals surface area contributed by atoms with Crippen molar-refractivity contribution in [1.29, 1.82) is 0 Å². The molecule has 0 bridgehead atoms. The second-order valence-corrected chi connectivity index (χ2v) is 7.64. The minimum atomic E-state index is -0.0875. The average molecular weight is 405 g/mol. The number of amides is 1. The molecule has 0 saturated carbocycles. The Morgan fingerprint density at radius 2 is 2.00 bits per heavy atom. The summed E-state index contributed by atoms with van der Waals surface area (Å²) in [5, 5.41) is 12.6. The van der Waals surface area contributed by atoms with Gasteiger partial charge in [0.05, 0.1) is 10.8 Å². The Labute approximate surface area is 165 Å². The van der Waals surface area contributed by atoms with Crippen molar-refractivity contribution in [2.75, 3.05) is 17.3 Å². The zero-order chi connectivity index (χ0) is 18.5. The van der Waals surface area contributed by atoms with Crippen LogP contribution in [0.2, 0.25) is 5.02 Å². The zero-order valence-corrected chi connectivity index (χ0v) is 16.7. The first kappa shape index (κ1) is 18.8. The average Bonchev–Trinajstić information content (AvgIpc) is 3.01. The Kier molecular flexibility index (Phi) is 6.24. The number of hydrogen-bond acceptors (Lipinski definition) is 5. The molecule has 1 N–H and O–H groups in total. The zero-order valence-electron chi connectivity index (χ0n) is 14.3. The molecule has 3 aromatic rings. The van der Waals surface area contributed by atoms with Crippen LogP contribution in [0, 0.1) is 0 Å². The fourth-order valence-corrected chi connectivity index (χ4v) is 3.74. The smallest absolute Gasteiger partial charge is 0.234 e. The van der Waals surface area contributed by atoms with Crippen molar-refractivity contribution in [3.63, 3.8) is 0 Å². The summed E-state index contributed by atoms with van der Waals surface area (Å²) < 4.78 is 1.84. The predicted octanol–water partition coefficient (Wildman–Crippen LogP) is 4.59. The maximum Gasteiger partial charge on any atom is 0.234 e. The third-order valence-corrected chi connectivity index (χ3v) is 5.71. The molecule has 0 saturated heterocycles. The monoisotopic (exact) mass is 404 g/mol. The largest absolute Gasteiger partial charge is 0.325 e. The summed E-state index contributed by atoms with van der Waals surface area (Å²) in [6.45, 7) is 0. The van der Waals surface area contributed by atoms with Gasteiger partial charge in [-0.15, -0.1) is 22.0 Å². The van der Waals surface area contributed by atoms with E-state index in [-0.39, 0.29) is 11.7 Å². The Morgan fingerprint density at radius 3 is 2.77 bits per heavy atom. The molecule has 0 unspecified atom stereocenters. The molecule has 0 aliphatic carbocycles. The summed E-state index contributed by atoms with van der Waals surface area (Å²) in [6.07, 6.45) is 2.00. The number of carbonyl (C=O) groups excluding carboxylic acids is 1. The number of thioether (sulfide) groups is 2. The summed E-state index contributed by atoms with van der Waals surface area (Å²) in [4.78, 5) is 13.3. The van der Waals surface area contributed by atoms with Gasteiger partial charge in [-0.1, -0.05) is 41.6 Å². The van der Waals surface area contributed by atoms with Crippen molar-refractivity contribution in [2.45, 2.75) is 10.1 Å². The molecular formula is C18H17ClN4OS2. The van der Waals surface area contributed by atoms with Crippen LogP contribution in [0.15, 0.2) is 58.6 Å². The number of carbonyl (C=O) groups is 1. The van der Waals surface area contributed by atoms with Crippen LogP contribution in [0.5, 0.6) is 0 Å². The van der Waals surface area contributed by atoms with Crippen LogP contribution in [0.25, 0.3) is 11.4 Å². The van der Waals surface area contributed by atoms with Crippen LogP contribution in [0.3, 0.4) is 0 Å². The van der Waals surface area contributed by atoms with Crippen LogP contribution in [0.4, 0.5) is 5.69 Å². The summed E-state index contributed by atoms with van der Waals surface area (Å²) in [5.41, 5.74) is 1.60. The molecule has 8 heteroatoms. The first-order valence-electron chi connectivity index (χ1n) is 7.79. The van der Waals surface area contributed by atoms with Gasteiger partial charge in [0.15, 0.2) is 11.0 Å². The highest BCUT2D eigenvalue weighted by Gasteiger charge is 2.14. The van der Waals surface area contributed by atoms with E-state index in [4.69, 9.17) is 11.6 Å². The van der Waals surface area contributed by atoms with Crippen molar-refractivity contribution >= 4 is 46.7 Å². The van der Waals surface area contributed by atoms with Gasteiger partial charge in [-0.3, -0.25) is 4.79 Å². The fraction of sp³-hybridized carbons (Fsp3) is 0.167. The fourth-order valence-electron chi connectivity index (χ4n) is 2.35. The summed E-state index contributed by atoms with van der Waals surface area (Å²) in [7, 11) is 1.86. The molecule has 1 heterocycles. The van der Waals surface area contributed by atoms with Crippen molar-refractivity contribution in [1.82, 2.24) is 14.8 Å². The normalized spacial score (nSPS) is 10.7. The Morgan fingerprint density at radius 1 is 1.19 bits per heavy atom. The molecule has 0 radical (unpaired) electrons. The highest BCUT2D eigenvalue weighted by molar-refractivity contribution is 7.99. The van der Waals surface area contributed by atoms with Crippen LogP contribution >= 0.6 is 35.1 Å². The van der Waals surface area contributed by atoms with Gasteiger partial charge in [0.25, 0.3) is 0 Å². The molecule has 1 amide bonds. The first-order chi connectivity index (χ1) is 12.6. The van der Waals surface area contributed by atoms with E-state index in [1.807, 2.05) is 66.4 Å². The molecular weight excluding hydrogens is 388 g/mol. The molecule has 1 aromatic heterocycles. The lowest BCUT2D eigenvalue weighted by molar-refractivity contribution is -0.113. The lowest BCUT2D eigenvalue weighted by Gasteiger charge is -2.07. The van der Waals surface area contributed by atoms with Gasteiger partial charge in [0, 0.05) is 23.2 Å². The Balaban J connectivity index is 1.65. The number of aromatic nitrogens is 3. The molecule has 0 fully saturated rings. The van der Waals surface area contributed by atoms with Gasteiger partial charge in [-0.2, -0.15) is 0 Å². The maximum atomic E-state index is 12.2. The lowest BCUT2D eigenvalue weighted by atomic mass is 10.2. The van der Waals surface area contributed by atoms with E-state index in [0.717, 1.165) is 16.1 Å². The molecule has 3 rings (SSSR count). The molecule has 134 valence electrons. The molecule has 0 atom stereocenters.